The van der Waals surface area contributed by atoms with Crippen molar-refractivity contribution in [3.8, 4) is 0 Å². The molecule has 0 heterocycles. The Labute approximate surface area is 153 Å². The van der Waals surface area contributed by atoms with Crippen molar-refractivity contribution in [3.63, 3.8) is 0 Å². The van der Waals surface area contributed by atoms with Crippen molar-refractivity contribution in [2.24, 2.45) is 0 Å². The van der Waals surface area contributed by atoms with Gasteiger partial charge in [0, 0.05) is 6.42 Å². The van der Waals surface area contributed by atoms with Crippen LogP contribution in [0.2, 0.25) is 0 Å². The van der Waals surface area contributed by atoms with Crippen molar-refractivity contribution >= 4 is 13.7 Å². The largest absolute Gasteiger partial charge is 0.755 e. The number of hydrogen-bond acceptors (Lipinski definition) is 5. The summed E-state index contributed by atoms with van der Waals surface area (Å²) in [5.74, 6) is -0.485. The first-order valence-corrected chi connectivity index (χ1v) is 10.0. The SMILES string of the molecule is O=C(CCCCc1ccccc1)NOP(=O)([O-])OCCc1ccccc1. The van der Waals surface area contributed by atoms with Crippen LogP contribution in [0.5, 0.6) is 0 Å². The second-order valence-electron chi connectivity index (χ2n) is 5.83. The summed E-state index contributed by atoms with van der Waals surface area (Å²) < 4.78 is 20.8. The molecule has 0 radical (unpaired) electrons. The van der Waals surface area contributed by atoms with Gasteiger partial charge in [0.2, 0.25) is 5.91 Å². The summed E-state index contributed by atoms with van der Waals surface area (Å²) in [5, 5.41) is 0. The molecule has 1 amide bonds. The molecule has 2 rings (SSSR count). The molecule has 1 unspecified atom stereocenters. The molecule has 2 aromatic rings. The van der Waals surface area contributed by atoms with Crippen LogP contribution >= 0.6 is 7.82 Å². The van der Waals surface area contributed by atoms with Crippen LogP contribution in [0.3, 0.4) is 0 Å². The van der Waals surface area contributed by atoms with Crippen LogP contribution < -0.4 is 10.4 Å². The molecule has 1 N–H and O–H groups in total. The number of rotatable bonds is 11. The normalized spacial score (nSPS) is 13.1. The van der Waals surface area contributed by atoms with Crippen LogP contribution in [-0.2, 0) is 31.3 Å². The van der Waals surface area contributed by atoms with E-state index in [0.29, 0.717) is 12.8 Å². The zero-order valence-electron chi connectivity index (χ0n) is 14.5. The number of carbonyl (C=O) groups is 1. The Hall–Kier alpha value is -1.98. The van der Waals surface area contributed by atoms with E-state index >= 15 is 0 Å². The summed E-state index contributed by atoms with van der Waals surface area (Å²) in [4.78, 5) is 23.3. The van der Waals surface area contributed by atoms with Crippen molar-refractivity contribution < 1.29 is 23.4 Å². The van der Waals surface area contributed by atoms with E-state index in [-0.39, 0.29) is 13.0 Å². The first-order chi connectivity index (χ1) is 12.6. The van der Waals surface area contributed by atoms with Gasteiger partial charge in [-0.15, -0.1) is 0 Å². The Morgan fingerprint density at radius 2 is 1.50 bits per heavy atom. The van der Waals surface area contributed by atoms with Crippen molar-refractivity contribution in [2.75, 3.05) is 6.61 Å². The number of hydrogen-bond donors (Lipinski definition) is 1. The molecule has 1 atom stereocenters. The van der Waals surface area contributed by atoms with Gasteiger partial charge in [0.15, 0.2) is 0 Å². The fourth-order valence-corrected chi connectivity index (χ4v) is 2.94. The lowest BCUT2D eigenvalue weighted by Crippen LogP contribution is -2.25. The number of carbonyl (C=O) groups excluding carboxylic acids is 1. The highest BCUT2D eigenvalue weighted by atomic mass is 31.2. The van der Waals surface area contributed by atoms with Crippen LogP contribution in [0.15, 0.2) is 60.7 Å². The minimum Gasteiger partial charge on any atom is -0.755 e. The average molecular weight is 376 g/mol. The Kier molecular flexibility index (Phi) is 8.51. The molecule has 0 spiro atoms. The third kappa shape index (κ3) is 8.41. The molecule has 0 aliphatic heterocycles. The molecule has 0 saturated heterocycles. The highest BCUT2D eigenvalue weighted by Crippen LogP contribution is 2.36. The van der Waals surface area contributed by atoms with Gasteiger partial charge in [-0.3, -0.25) is 9.36 Å². The topological polar surface area (TPSA) is 87.7 Å². The Balaban J connectivity index is 1.57. The molecular formula is C19H23NO5P-. The number of nitrogens with one attached hydrogen (secondary N) is 1. The van der Waals surface area contributed by atoms with Crippen molar-refractivity contribution in [2.45, 2.75) is 32.1 Å². The van der Waals surface area contributed by atoms with Crippen molar-refractivity contribution in [1.82, 2.24) is 5.48 Å². The lowest BCUT2D eigenvalue weighted by molar-refractivity contribution is -0.231. The molecule has 6 nitrogen and oxygen atoms in total. The van der Waals surface area contributed by atoms with Gasteiger partial charge in [-0.1, -0.05) is 60.7 Å². The average Bonchev–Trinajstić information content (AvgIpc) is 2.65. The van der Waals surface area contributed by atoms with Gasteiger partial charge in [-0.25, -0.2) is 10.1 Å². The van der Waals surface area contributed by atoms with E-state index in [0.717, 1.165) is 18.4 Å². The highest BCUT2D eigenvalue weighted by molar-refractivity contribution is 7.45. The Bertz CT molecular complexity index is 708. The van der Waals surface area contributed by atoms with E-state index < -0.39 is 13.7 Å². The van der Waals surface area contributed by atoms with Crippen molar-refractivity contribution in [1.29, 1.82) is 0 Å². The number of phosphoric ester groups is 1. The smallest absolute Gasteiger partial charge is 0.290 e. The van der Waals surface area contributed by atoms with Gasteiger partial charge in [-0.05, 0) is 36.8 Å². The third-order valence-corrected chi connectivity index (χ3v) is 4.53. The second kappa shape index (κ2) is 10.9. The van der Waals surface area contributed by atoms with Crippen LogP contribution in [0.25, 0.3) is 0 Å². The fourth-order valence-electron chi connectivity index (χ4n) is 2.36. The van der Waals surface area contributed by atoms with E-state index in [9.17, 15) is 14.3 Å². The van der Waals surface area contributed by atoms with Gasteiger partial charge in [-0.2, -0.15) is 0 Å². The number of phosphoric acid groups is 1. The molecule has 26 heavy (non-hydrogen) atoms. The predicted octanol–water partition coefficient (Wildman–Crippen LogP) is 3.17. The number of benzene rings is 2. The number of hydroxylamine groups is 1. The molecule has 0 saturated carbocycles. The number of unbranched alkanes of at least 4 members (excludes halogenated alkanes) is 1. The highest BCUT2D eigenvalue weighted by Gasteiger charge is 2.12. The molecule has 0 fully saturated rings. The maximum atomic E-state index is 11.6. The van der Waals surface area contributed by atoms with Crippen LogP contribution in [0.4, 0.5) is 0 Å². The van der Waals surface area contributed by atoms with Crippen LogP contribution in [-0.4, -0.2) is 12.5 Å². The lowest BCUT2D eigenvalue weighted by atomic mass is 10.1. The van der Waals surface area contributed by atoms with E-state index in [2.05, 4.69) is 4.62 Å². The minimum atomic E-state index is -4.55. The fraction of sp³-hybridized carbons (Fsp3) is 0.316. The molecule has 2 aromatic carbocycles. The molecule has 0 bridgehead atoms. The molecule has 0 aromatic heterocycles. The van der Waals surface area contributed by atoms with Gasteiger partial charge in [0.05, 0.1) is 6.61 Å². The molecule has 0 aliphatic carbocycles. The third-order valence-electron chi connectivity index (χ3n) is 3.72. The molecule has 0 aliphatic rings. The van der Waals surface area contributed by atoms with Gasteiger partial charge < -0.3 is 9.42 Å². The van der Waals surface area contributed by atoms with Gasteiger partial charge in [0.1, 0.15) is 0 Å². The number of aryl methyl sites for hydroxylation is 1. The second-order valence-corrected chi connectivity index (χ2v) is 7.16. The summed E-state index contributed by atoms with van der Waals surface area (Å²) in [6.45, 7) is -0.0439. The molecule has 7 heteroatoms. The Morgan fingerprint density at radius 3 is 2.12 bits per heavy atom. The van der Waals surface area contributed by atoms with E-state index in [1.54, 1.807) is 0 Å². The summed E-state index contributed by atoms with van der Waals surface area (Å²) in [5.41, 5.74) is 4.09. The monoisotopic (exact) mass is 376 g/mol. The first-order valence-electron chi connectivity index (χ1n) is 8.56. The minimum absolute atomic E-state index is 0.0439. The van der Waals surface area contributed by atoms with Crippen LogP contribution in [0, 0.1) is 0 Å². The maximum Gasteiger partial charge on any atom is 0.290 e. The summed E-state index contributed by atoms with van der Waals surface area (Å²) in [7, 11) is -4.55. The quantitative estimate of drug-likeness (QED) is 0.370. The van der Waals surface area contributed by atoms with Crippen LogP contribution in [0.1, 0.15) is 30.4 Å². The summed E-state index contributed by atoms with van der Waals surface area (Å²) in [6.07, 6.45) is 2.97. The van der Waals surface area contributed by atoms with Gasteiger partial charge >= 0.3 is 0 Å². The number of amides is 1. The van der Waals surface area contributed by atoms with E-state index in [1.165, 1.54) is 5.56 Å². The zero-order valence-corrected chi connectivity index (χ0v) is 15.4. The summed E-state index contributed by atoms with van der Waals surface area (Å²) >= 11 is 0. The van der Waals surface area contributed by atoms with E-state index in [4.69, 9.17) is 4.52 Å². The predicted molar refractivity (Wildman–Crippen MR) is 96.9 cm³/mol. The van der Waals surface area contributed by atoms with Crippen molar-refractivity contribution in [3.05, 3.63) is 71.8 Å². The standard InChI is InChI=1S/C19H24NO5P/c21-19(14-8-7-13-17-9-3-1-4-10-17)20-25-26(22,23)24-16-15-18-11-5-2-6-12-18/h1-6,9-12H,7-8,13-16H2,(H,20,21)(H,22,23)/p-1. The Morgan fingerprint density at radius 1 is 0.923 bits per heavy atom. The molecular weight excluding hydrogens is 353 g/mol. The summed E-state index contributed by atoms with van der Waals surface area (Å²) in [6, 6.07) is 19.3. The zero-order chi connectivity index (χ0) is 18.7. The van der Waals surface area contributed by atoms with Gasteiger partial charge in [0.25, 0.3) is 7.82 Å². The molecule has 140 valence electrons. The lowest BCUT2D eigenvalue weighted by Gasteiger charge is -2.22. The first kappa shape index (κ1) is 20.3. The maximum absolute atomic E-state index is 11.6. The van der Waals surface area contributed by atoms with E-state index in [1.807, 2.05) is 66.1 Å².